The zero-order valence-corrected chi connectivity index (χ0v) is 16.9. The van der Waals surface area contributed by atoms with E-state index >= 15 is 0 Å². The van der Waals surface area contributed by atoms with Crippen molar-refractivity contribution in [3.8, 4) is 0 Å². The summed E-state index contributed by atoms with van der Waals surface area (Å²) in [4.78, 5) is 29.2. The Balaban J connectivity index is 1.50. The number of piperazine rings is 1. The van der Waals surface area contributed by atoms with Gasteiger partial charge < -0.3 is 15.1 Å². The predicted octanol–water partition coefficient (Wildman–Crippen LogP) is 3.37. The molecule has 0 bridgehead atoms. The minimum absolute atomic E-state index is 0.0797. The largest absolute Gasteiger partial charge is 0.352 e. The molecule has 1 fully saturated rings. The molecule has 2 aromatic rings. The summed E-state index contributed by atoms with van der Waals surface area (Å²) in [7, 11) is 2.09. The molecule has 28 heavy (non-hydrogen) atoms. The minimum atomic E-state index is -0.147. The molecule has 1 atom stereocenters. The lowest BCUT2D eigenvalue weighted by Crippen LogP contribution is -2.49. The molecule has 1 saturated heterocycles. The summed E-state index contributed by atoms with van der Waals surface area (Å²) in [5.41, 5.74) is 1.73. The van der Waals surface area contributed by atoms with Crippen LogP contribution in [0.2, 0.25) is 5.02 Å². The molecule has 0 spiro atoms. The van der Waals surface area contributed by atoms with E-state index < -0.39 is 0 Å². The number of benzene rings is 2. The molecule has 5 nitrogen and oxygen atoms in total. The van der Waals surface area contributed by atoms with E-state index in [0.29, 0.717) is 30.0 Å². The summed E-state index contributed by atoms with van der Waals surface area (Å²) in [6, 6.07) is 17.0. The highest BCUT2D eigenvalue weighted by Gasteiger charge is 2.29. The van der Waals surface area contributed by atoms with Gasteiger partial charge in [0.1, 0.15) is 0 Å². The van der Waals surface area contributed by atoms with Gasteiger partial charge in [-0.1, -0.05) is 41.9 Å². The second-order valence-corrected chi connectivity index (χ2v) is 7.58. The molecule has 0 unspecified atom stereocenters. The Kier molecular flexibility index (Phi) is 7.06. The van der Waals surface area contributed by atoms with Crippen LogP contribution in [-0.4, -0.2) is 54.8 Å². The van der Waals surface area contributed by atoms with Crippen LogP contribution in [0.4, 0.5) is 0 Å². The topological polar surface area (TPSA) is 52.6 Å². The fraction of sp³-hybridized carbons (Fsp3) is 0.364. The lowest BCUT2D eigenvalue weighted by Gasteiger charge is -2.40. The smallest absolute Gasteiger partial charge is 0.251 e. The first kappa shape index (κ1) is 20.4. The molecule has 2 amide bonds. The first-order valence-corrected chi connectivity index (χ1v) is 9.99. The standard InChI is InChI=1S/C22H26ClN3O2/c1-25-14-15-26(20(16-25)17-6-3-2-4-7-17)21(27)8-5-13-24-22(28)18-9-11-19(23)12-10-18/h2-4,6-7,9-12,20H,5,8,13-16H2,1H3,(H,24,28)/t20-/m1/s1. The molecular weight excluding hydrogens is 374 g/mol. The van der Waals surface area contributed by atoms with Gasteiger partial charge in [-0.3, -0.25) is 9.59 Å². The van der Waals surface area contributed by atoms with Crippen molar-refractivity contribution in [2.24, 2.45) is 0 Å². The molecule has 0 aliphatic carbocycles. The van der Waals surface area contributed by atoms with Crippen LogP contribution in [0.3, 0.4) is 0 Å². The van der Waals surface area contributed by atoms with E-state index in [-0.39, 0.29) is 17.9 Å². The Morgan fingerprint density at radius 1 is 1.07 bits per heavy atom. The third-order valence-electron chi connectivity index (χ3n) is 5.05. The quantitative estimate of drug-likeness (QED) is 0.758. The first-order chi connectivity index (χ1) is 13.5. The Morgan fingerprint density at radius 3 is 2.50 bits per heavy atom. The monoisotopic (exact) mass is 399 g/mol. The summed E-state index contributed by atoms with van der Waals surface area (Å²) in [5.74, 6) is -0.00595. The average molecular weight is 400 g/mol. The average Bonchev–Trinajstić information content (AvgIpc) is 2.72. The van der Waals surface area contributed by atoms with E-state index in [1.54, 1.807) is 24.3 Å². The first-order valence-electron chi connectivity index (χ1n) is 9.61. The van der Waals surface area contributed by atoms with E-state index in [1.165, 1.54) is 5.56 Å². The number of rotatable bonds is 6. The van der Waals surface area contributed by atoms with Crippen LogP contribution in [0.1, 0.15) is 34.8 Å². The number of hydrogen-bond acceptors (Lipinski definition) is 3. The summed E-state index contributed by atoms with van der Waals surface area (Å²) in [6.45, 7) is 2.91. The van der Waals surface area contributed by atoms with Gasteiger partial charge in [0, 0.05) is 43.2 Å². The molecule has 3 rings (SSSR count). The van der Waals surface area contributed by atoms with Crippen molar-refractivity contribution in [3.63, 3.8) is 0 Å². The van der Waals surface area contributed by atoms with Crippen LogP contribution in [0.5, 0.6) is 0 Å². The summed E-state index contributed by atoms with van der Waals surface area (Å²) in [6.07, 6.45) is 1.04. The van der Waals surface area contributed by atoms with Crippen LogP contribution < -0.4 is 5.32 Å². The number of nitrogens with zero attached hydrogens (tertiary/aromatic N) is 2. The van der Waals surface area contributed by atoms with Gasteiger partial charge in [-0.15, -0.1) is 0 Å². The van der Waals surface area contributed by atoms with Crippen molar-refractivity contribution < 1.29 is 9.59 Å². The van der Waals surface area contributed by atoms with Crippen molar-refractivity contribution in [1.29, 1.82) is 0 Å². The van der Waals surface area contributed by atoms with Gasteiger partial charge in [0.05, 0.1) is 6.04 Å². The summed E-state index contributed by atoms with van der Waals surface area (Å²) >= 11 is 5.84. The molecule has 1 heterocycles. The molecule has 0 aromatic heterocycles. The van der Waals surface area contributed by atoms with Gasteiger partial charge in [-0.2, -0.15) is 0 Å². The SMILES string of the molecule is CN1CCN(C(=O)CCCNC(=O)c2ccc(Cl)cc2)[C@@H](c2ccccc2)C1. The third kappa shape index (κ3) is 5.33. The van der Waals surface area contributed by atoms with E-state index in [4.69, 9.17) is 11.6 Å². The predicted molar refractivity (Wildman–Crippen MR) is 111 cm³/mol. The molecule has 6 heteroatoms. The maximum absolute atomic E-state index is 12.8. The molecule has 148 valence electrons. The number of carbonyl (C=O) groups is 2. The van der Waals surface area contributed by atoms with Gasteiger partial charge in [0.15, 0.2) is 0 Å². The number of likely N-dealkylation sites (N-methyl/N-ethyl adjacent to an activating group) is 1. The summed E-state index contributed by atoms with van der Waals surface area (Å²) in [5, 5.41) is 3.47. The minimum Gasteiger partial charge on any atom is -0.352 e. The Hall–Kier alpha value is -2.37. The van der Waals surface area contributed by atoms with Crippen LogP contribution in [0.25, 0.3) is 0 Å². The zero-order valence-electron chi connectivity index (χ0n) is 16.1. The van der Waals surface area contributed by atoms with Gasteiger partial charge in [-0.05, 0) is 43.3 Å². The summed E-state index contributed by atoms with van der Waals surface area (Å²) < 4.78 is 0. The molecule has 0 saturated carbocycles. The highest BCUT2D eigenvalue weighted by Crippen LogP contribution is 2.25. The van der Waals surface area contributed by atoms with E-state index in [0.717, 1.165) is 19.6 Å². The highest BCUT2D eigenvalue weighted by atomic mass is 35.5. The maximum atomic E-state index is 12.8. The normalized spacial score (nSPS) is 17.4. The highest BCUT2D eigenvalue weighted by molar-refractivity contribution is 6.30. The van der Waals surface area contributed by atoms with Crippen LogP contribution in [-0.2, 0) is 4.79 Å². The van der Waals surface area contributed by atoms with Crippen molar-refractivity contribution >= 4 is 23.4 Å². The second-order valence-electron chi connectivity index (χ2n) is 7.14. The van der Waals surface area contributed by atoms with Gasteiger partial charge >= 0.3 is 0 Å². The van der Waals surface area contributed by atoms with Crippen molar-refractivity contribution in [2.45, 2.75) is 18.9 Å². The molecular formula is C22H26ClN3O2. The number of halogens is 1. The molecule has 1 aliphatic heterocycles. The lowest BCUT2D eigenvalue weighted by molar-refractivity contribution is -0.136. The number of hydrogen-bond donors (Lipinski definition) is 1. The molecule has 1 N–H and O–H groups in total. The Morgan fingerprint density at radius 2 is 1.79 bits per heavy atom. The van der Waals surface area contributed by atoms with Gasteiger partial charge in [-0.25, -0.2) is 0 Å². The van der Waals surface area contributed by atoms with E-state index in [2.05, 4.69) is 29.4 Å². The van der Waals surface area contributed by atoms with E-state index in [9.17, 15) is 9.59 Å². The second kappa shape index (κ2) is 9.71. The molecule has 1 aliphatic rings. The van der Waals surface area contributed by atoms with Crippen molar-refractivity contribution in [1.82, 2.24) is 15.1 Å². The number of nitrogens with one attached hydrogen (secondary N) is 1. The Bertz CT molecular complexity index is 795. The van der Waals surface area contributed by atoms with Crippen LogP contribution >= 0.6 is 11.6 Å². The molecule has 0 radical (unpaired) electrons. The van der Waals surface area contributed by atoms with Crippen LogP contribution in [0, 0.1) is 0 Å². The fourth-order valence-corrected chi connectivity index (χ4v) is 3.59. The zero-order chi connectivity index (χ0) is 19.9. The maximum Gasteiger partial charge on any atom is 0.251 e. The number of carbonyl (C=O) groups excluding carboxylic acids is 2. The lowest BCUT2D eigenvalue weighted by atomic mass is 10.0. The van der Waals surface area contributed by atoms with Crippen molar-refractivity contribution in [3.05, 3.63) is 70.7 Å². The van der Waals surface area contributed by atoms with Crippen molar-refractivity contribution in [2.75, 3.05) is 33.2 Å². The van der Waals surface area contributed by atoms with Gasteiger partial charge in [0.25, 0.3) is 5.91 Å². The fourth-order valence-electron chi connectivity index (χ4n) is 3.47. The van der Waals surface area contributed by atoms with Gasteiger partial charge in [0.2, 0.25) is 5.91 Å². The van der Waals surface area contributed by atoms with E-state index in [1.807, 2.05) is 23.1 Å². The molecule has 2 aromatic carbocycles. The number of amides is 2. The van der Waals surface area contributed by atoms with Crippen LogP contribution in [0.15, 0.2) is 54.6 Å². The third-order valence-corrected chi connectivity index (χ3v) is 5.30. The Labute approximate surface area is 171 Å².